The van der Waals surface area contributed by atoms with Crippen molar-refractivity contribution in [2.24, 2.45) is 0 Å². The Labute approximate surface area is 152 Å². The Kier molecular flexibility index (Phi) is 6.07. The van der Waals surface area contributed by atoms with Crippen molar-refractivity contribution >= 4 is 23.6 Å². The number of carboxylic acid groups (broad SMARTS) is 1. The number of nitrogens with zero attached hydrogens (tertiary/aromatic N) is 1. The number of anilines is 1. The molecule has 0 atom stereocenters. The van der Waals surface area contributed by atoms with Gasteiger partial charge in [-0.15, -0.1) is 0 Å². The van der Waals surface area contributed by atoms with Gasteiger partial charge in [-0.3, -0.25) is 14.5 Å². The van der Waals surface area contributed by atoms with Crippen LogP contribution in [0.15, 0.2) is 18.2 Å². The van der Waals surface area contributed by atoms with Crippen LogP contribution in [0, 0.1) is 0 Å². The highest BCUT2D eigenvalue weighted by Gasteiger charge is 2.32. The first kappa shape index (κ1) is 19.6. The largest absolute Gasteiger partial charge is 0.495 e. The van der Waals surface area contributed by atoms with E-state index in [9.17, 15) is 14.4 Å². The Morgan fingerprint density at radius 3 is 2.54 bits per heavy atom. The van der Waals surface area contributed by atoms with Gasteiger partial charge in [0.15, 0.2) is 0 Å². The number of carboxylic acids is 1. The van der Waals surface area contributed by atoms with E-state index in [-0.39, 0.29) is 18.4 Å². The van der Waals surface area contributed by atoms with Crippen molar-refractivity contribution in [1.82, 2.24) is 10.6 Å². The molecule has 0 aliphatic carbocycles. The lowest BCUT2D eigenvalue weighted by atomic mass is 9.88. The molecule has 8 heteroatoms. The fraction of sp³-hybridized carbons (Fsp3) is 0.500. The number of amides is 3. The van der Waals surface area contributed by atoms with Crippen LogP contribution in [0.1, 0.15) is 43.5 Å². The summed E-state index contributed by atoms with van der Waals surface area (Å²) in [4.78, 5) is 37.4. The van der Waals surface area contributed by atoms with Crippen LogP contribution in [0.25, 0.3) is 0 Å². The summed E-state index contributed by atoms with van der Waals surface area (Å²) in [5.74, 6) is -0.849. The quantitative estimate of drug-likeness (QED) is 0.655. The second-order valence-electron chi connectivity index (χ2n) is 6.28. The average molecular weight is 363 g/mol. The van der Waals surface area contributed by atoms with Gasteiger partial charge in [0.2, 0.25) is 0 Å². The minimum absolute atomic E-state index is 0.150. The van der Waals surface area contributed by atoms with E-state index in [4.69, 9.17) is 9.84 Å². The molecule has 3 amide bonds. The number of nitrogens with one attached hydrogen (secondary N) is 2. The third-order valence-electron chi connectivity index (χ3n) is 4.81. The summed E-state index contributed by atoms with van der Waals surface area (Å²) < 4.78 is 5.31. The molecule has 142 valence electrons. The maximum atomic E-state index is 12.7. The molecule has 1 aliphatic rings. The molecule has 0 bridgehead atoms. The number of benzene rings is 1. The first-order valence-corrected chi connectivity index (χ1v) is 8.63. The zero-order valence-electron chi connectivity index (χ0n) is 15.3. The van der Waals surface area contributed by atoms with Gasteiger partial charge in [-0.1, -0.05) is 13.8 Å². The first-order valence-electron chi connectivity index (χ1n) is 8.63. The van der Waals surface area contributed by atoms with E-state index in [1.165, 1.54) is 12.0 Å². The highest BCUT2D eigenvalue weighted by molar-refractivity contribution is 6.00. The van der Waals surface area contributed by atoms with Crippen LogP contribution in [0.5, 0.6) is 5.75 Å². The van der Waals surface area contributed by atoms with E-state index >= 15 is 0 Å². The summed E-state index contributed by atoms with van der Waals surface area (Å²) in [5.41, 5.74) is 0.0396. The van der Waals surface area contributed by atoms with Crippen LogP contribution in [-0.4, -0.2) is 48.8 Å². The number of urea groups is 1. The van der Waals surface area contributed by atoms with Crippen molar-refractivity contribution < 1.29 is 24.2 Å². The number of carbonyl (C=O) groups excluding carboxylic acids is 2. The molecule has 1 fully saturated rings. The maximum Gasteiger partial charge on any atom is 0.322 e. The third-order valence-corrected chi connectivity index (χ3v) is 4.81. The molecule has 0 spiro atoms. The lowest BCUT2D eigenvalue weighted by molar-refractivity contribution is -0.138. The highest BCUT2D eigenvalue weighted by Crippen LogP contribution is 2.31. The van der Waals surface area contributed by atoms with Crippen molar-refractivity contribution in [1.29, 1.82) is 0 Å². The van der Waals surface area contributed by atoms with E-state index in [2.05, 4.69) is 10.6 Å². The van der Waals surface area contributed by atoms with Crippen molar-refractivity contribution in [3.63, 3.8) is 0 Å². The molecule has 26 heavy (non-hydrogen) atoms. The third kappa shape index (κ3) is 4.07. The van der Waals surface area contributed by atoms with Gasteiger partial charge in [-0.05, 0) is 31.0 Å². The Morgan fingerprint density at radius 1 is 1.35 bits per heavy atom. The Bertz CT molecular complexity index is 700. The van der Waals surface area contributed by atoms with E-state index < -0.39 is 11.5 Å². The molecular weight excluding hydrogens is 338 g/mol. The fourth-order valence-electron chi connectivity index (χ4n) is 3.07. The van der Waals surface area contributed by atoms with Crippen LogP contribution < -0.4 is 20.3 Å². The molecule has 1 aromatic rings. The van der Waals surface area contributed by atoms with Gasteiger partial charge in [-0.25, -0.2) is 4.79 Å². The van der Waals surface area contributed by atoms with E-state index in [1.54, 1.807) is 18.2 Å². The summed E-state index contributed by atoms with van der Waals surface area (Å²) in [7, 11) is 1.50. The van der Waals surface area contributed by atoms with Gasteiger partial charge in [0.1, 0.15) is 5.75 Å². The Morgan fingerprint density at radius 2 is 2.04 bits per heavy atom. The number of aliphatic carboxylic acids is 1. The summed E-state index contributed by atoms with van der Waals surface area (Å²) in [6, 6.07) is 4.58. The van der Waals surface area contributed by atoms with Crippen molar-refractivity contribution in [3.8, 4) is 5.75 Å². The number of carbonyl (C=O) groups is 3. The van der Waals surface area contributed by atoms with Gasteiger partial charge in [-0.2, -0.15) is 0 Å². The second kappa shape index (κ2) is 8.07. The van der Waals surface area contributed by atoms with Crippen LogP contribution in [-0.2, 0) is 4.79 Å². The molecule has 1 aromatic carbocycles. The SMILES string of the molecule is CCC(CC)(CC(=O)O)NC(=O)c1ccc(OC)c(N2CCNC2=O)c1. The van der Waals surface area contributed by atoms with Crippen LogP contribution in [0.4, 0.5) is 10.5 Å². The molecule has 0 radical (unpaired) electrons. The second-order valence-corrected chi connectivity index (χ2v) is 6.28. The van der Waals surface area contributed by atoms with Gasteiger partial charge < -0.3 is 20.5 Å². The smallest absolute Gasteiger partial charge is 0.322 e. The molecular formula is C18H25N3O5. The van der Waals surface area contributed by atoms with Gasteiger partial charge in [0.25, 0.3) is 5.91 Å². The summed E-state index contributed by atoms with van der Waals surface area (Å²) in [5, 5.41) is 14.7. The number of ether oxygens (including phenoxy) is 1. The van der Waals surface area contributed by atoms with E-state index in [1.807, 2.05) is 13.8 Å². The summed E-state index contributed by atoms with van der Waals surface area (Å²) >= 11 is 0. The number of methoxy groups -OCH3 is 1. The normalized spacial score (nSPS) is 14.1. The monoisotopic (exact) mass is 363 g/mol. The molecule has 3 N–H and O–H groups in total. The van der Waals surface area contributed by atoms with Crippen molar-refractivity contribution in [3.05, 3.63) is 23.8 Å². The van der Waals surface area contributed by atoms with Crippen LogP contribution in [0.3, 0.4) is 0 Å². The number of hydrogen-bond acceptors (Lipinski definition) is 4. The molecule has 1 aliphatic heterocycles. The highest BCUT2D eigenvalue weighted by atomic mass is 16.5. The maximum absolute atomic E-state index is 12.7. The standard InChI is InChI=1S/C18H25N3O5/c1-4-18(5-2,11-15(22)23)20-16(24)12-6-7-14(26-3)13(10-12)21-9-8-19-17(21)25/h6-7,10H,4-5,8-9,11H2,1-3H3,(H,19,25)(H,20,24)(H,22,23). The predicted octanol–water partition coefficient (Wildman–Crippen LogP) is 1.99. The van der Waals surface area contributed by atoms with Gasteiger partial charge in [0.05, 0.1) is 24.8 Å². The number of rotatable bonds is 8. The predicted molar refractivity (Wildman–Crippen MR) is 96.8 cm³/mol. The van der Waals surface area contributed by atoms with E-state index in [0.717, 1.165) is 0 Å². The van der Waals surface area contributed by atoms with Crippen LogP contribution in [0.2, 0.25) is 0 Å². The van der Waals surface area contributed by atoms with Gasteiger partial charge in [0, 0.05) is 18.7 Å². The van der Waals surface area contributed by atoms with E-state index in [0.29, 0.717) is 42.9 Å². The summed E-state index contributed by atoms with van der Waals surface area (Å²) in [6.45, 7) is 4.69. The van der Waals surface area contributed by atoms with Crippen molar-refractivity contribution in [2.75, 3.05) is 25.1 Å². The minimum Gasteiger partial charge on any atom is -0.495 e. The topological polar surface area (TPSA) is 108 Å². The number of hydrogen-bond donors (Lipinski definition) is 3. The van der Waals surface area contributed by atoms with Gasteiger partial charge >= 0.3 is 12.0 Å². The first-order chi connectivity index (χ1) is 12.4. The zero-order chi connectivity index (χ0) is 19.3. The summed E-state index contributed by atoms with van der Waals surface area (Å²) in [6.07, 6.45) is 0.849. The molecule has 0 aromatic heterocycles. The average Bonchev–Trinajstić information content (AvgIpc) is 3.05. The Balaban J connectivity index is 2.31. The zero-order valence-corrected chi connectivity index (χ0v) is 15.3. The molecule has 2 rings (SSSR count). The van der Waals surface area contributed by atoms with Crippen molar-refractivity contribution in [2.45, 2.75) is 38.6 Å². The Hall–Kier alpha value is -2.77. The molecule has 8 nitrogen and oxygen atoms in total. The minimum atomic E-state index is -0.960. The van der Waals surface area contributed by atoms with Crippen LogP contribution >= 0.6 is 0 Å². The molecule has 0 unspecified atom stereocenters. The lowest BCUT2D eigenvalue weighted by Gasteiger charge is -2.31. The molecule has 1 heterocycles. The molecule has 1 saturated heterocycles. The fourth-order valence-corrected chi connectivity index (χ4v) is 3.07. The molecule has 0 saturated carbocycles. The lowest BCUT2D eigenvalue weighted by Crippen LogP contribution is -2.49.